The number of aliphatic hydroxyl groups excluding tert-OH is 1. The molecule has 3 heteroatoms. The quantitative estimate of drug-likeness (QED) is 0.699. The van der Waals surface area contributed by atoms with Gasteiger partial charge in [-0.25, -0.2) is 0 Å². The van der Waals surface area contributed by atoms with Crippen molar-refractivity contribution in [3.05, 3.63) is 0 Å². The van der Waals surface area contributed by atoms with Crippen LogP contribution in [-0.4, -0.2) is 37.5 Å². The van der Waals surface area contributed by atoms with E-state index in [9.17, 15) is 5.11 Å². The number of ether oxygens (including phenoxy) is 1. The largest absolute Gasteiger partial charge is 0.395 e. The van der Waals surface area contributed by atoms with Crippen molar-refractivity contribution in [1.29, 1.82) is 0 Å². The molecule has 0 bridgehead atoms. The third-order valence-corrected chi connectivity index (χ3v) is 3.07. The monoisotopic (exact) mass is 229 g/mol. The fourth-order valence-electron chi connectivity index (χ4n) is 2.22. The molecule has 96 valence electrons. The fraction of sp³-hybridized carbons (Fsp3) is 1.00. The van der Waals surface area contributed by atoms with Gasteiger partial charge < -0.3 is 15.2 Å². The first-order valence-corrected chi connectivity index (χ1v) is 6.32. The van der Waals surface area contributed by atoms with E-state index in [1.807, 2.05) is 0 Å². The number of hydrogen-bond acceptors (Lipinski definition) is 3. The molecule has 0 aliphatic heterocycles. The minimum absolute atomic E-state index is 0.195. The Balaban J connectivity index is 2.40. The van der Waals surface area contributed by atoms with E-state index in [2.05, 4.69) is 26.1 Å². The molecule has 0 amide bonds. The van der Waals surface area contributed by atoms with Crippen LogP contribution in [0.15, 0.2) is 0 Å². The van der Waals surface area contributed by atoms with Crippen LogP contribution in [0.1, 0.15) is 40.0 Å². The zero-order chi connectivity index (χ0) is 12.2. The van der Waals surface area contributed by atoms with Crippen molar-refractivity contribution in [1.82, 2.24) is 5.32 Å². The van der Waals surface area contributed by atoms with Gasteiger partial charge in [-0.3, -0.25) is 0 Å². The summed E-state index contributed by atoms with van der Waals surface area (Å²) in [6.07, 6.45) is 3.60. The first-order chi connectivity index (χ1) is 7.46. The molecule has 0 aromatic carbocycles. The molecule has 0 aromatic heterocycles. The Labute approximate surface area is 99.6 Å². The predicted octanol–water partition coefficient (Wildman–Crippen LogP) is 1.80. The third kappa shape index (κ3) is 5.28. The van der Waals surface area contributed by atoms with Crippen molar-refractivity contribution in [2.24, 2.45) is 11.3 Å². The zero-order valence-corrected chi connectivity index (χ0v) is 11.1. The van der Waals surface area contributed by atoms with Gasteiger partial charge in [0.2, 0.25) is 0 Å². The Kier molecular flexibility index (Phi) is 5.22. The second-order valence-electron chi connectivity index (χ2n) is 6.21. The molecule has 2 unspecified atom stereocenters. The van der Waals surface area contributed by atoms with Crippen molar-refractivity contribution in [2.75, 3.05) is 20.3 Å². The van der Waals surface area contributed by atoms with E-state index < -0.39 is 0 Å². The van der Waals surface area contributed by atoms with Crippen LogP contribution in [0.4, 0.5) is 0 Å². The van der Waals surface area contributed by atoms with Gasteiger partial charge >= 0.3 is 0 Å². The first-order valence-electron chi connectivity index (χ1n) is 6.32. The average molecular weight is 229 g/mol. The van der Waals surface area contributed by atoms with Crippen LogP contribution in [0.3, 0.4) is 0 Å². The van der Waals surface area contributed by atoms with Crippen LogP contribution in [-0.2, 0) is 4.74 Å². The van der Waals surface area contributed by atoms with E-state index in [1.165, 1.54) is 12.8 Å². The van der Waals surface area contributed by atoms with Crippen molar-refractivity contribution < 1.29 is 9.84 Å². The molecular weight excluding hydrogens is 202 g/mol. The summed E-state index contributed by atoms with van der Waals surface area (Å²) in [5.41, 5.74) is 0.252. The van der Waals surface area contributed by atoms with Crippen LogP contribution in [0.2, 0.25) is 0 Å². The summed E-state index contributed by atoms with van der Waals surface area (Å²) in [6, 6.07) is 0.616. The Morgan fingerprint density at radius 2 is 2.00 bits per heavy atom. The molecule has 2 atom stereocenters. The van der Waals surface area contributed by atoms with Gasteiger partial charge in [0.05, 0.1) is 13.2 Å². The third-order valence-electron chi connectivity index (χ3n) is 3.07. The summed E-state index contributed by atoms with van der Waals surface area (Å²) >= 11 is 0. The second kappa shape index (κ2) is 5.99. The normalized spacial score (nSPS) is 20.8. The summed E-state index contributed by atoms with van der Waals surface area (Å²) in [7, 11) is 1.74. The highest BCUT2D eigenvalue weighted by Crippen LogP contribution is 2.33. The van der Waals surface area contributed by atoms with Crippen LogP contribution >= 0.6 is 0 Å². The highest BCUT2D eigenvalue weighted by Gasteiger charge is 2.33. The molecule has 0 spiro atoms. The van der Waals surface area contributed by atoms with E-state index >= 15 is 0 Å². The molecule has 1 aliphatic carbocycles. The van der Waals surface area contributed by atoms with Crippen LogP contribution in [0.25, 0.3) is 0 Å². The number of methoxy groups -OCH3 is 1. The van der Waals surface area contributed by atoms with Crippen molar-refractivity contribution >= 4 is 0 Å². The molecule has 0 aromatic rings. The Morgan fingerprint density at radius 1 is 1.38 bits per heavy atom. The highest BCUT2D eigenvalue weighted by atomic mass is 16.5. The van der Waals surface area contributed by atoms with E-state index in [4.69, 9.17) is 4.74 Å². The zero-order valence-electron chi connectivity index (χ0n) is 11.1. The second-order valence-corrected chi connectivity index (χ2v) is 6.21. The van der Waals surface area contributed by atoms with Crippen LogP contribution in [0.5, 0.6) is 0 Å². The maximum absolute atomic E-state index is 9.41. The Morgan fingerprint density at radius 3 is 2.38 bits per heavy atom. The molecule has 1 fully saturated rings. The van der Waals surface area contributed by atoms with Crippen LogP contribution in [0, 0.1) is 11.3 Å². The standard InChI is InChI=1S/C13H27NO2/c1-13(2,3)7-11(8-15)14-12(9-16-4)10-5-6-10/h10-12,14-15H,5-9H2,1-4H3. The van der Waals surface area contributed by atoms with Crippen molar-refractivity contribution in [3.63, 3.8) is 0 Å². The minimum Gasteiger partial charge on any atom is -0.395 e. The molecule has 1 saturated carbocycles. The summed E-state index contributed by atoms with van der Waals surface area (Å²) in [5, 5.41) is 13.0. The smallest absolute Gasteiger partial charge is 0.0618 e. The van der Waals surface area contributed by atoms with Gasteiger partial charge in [0.15, 0.2) is 0 Å². The van der Waals surface area contributed by atoms with Crippen molar-refractivity contribution in [2.45, 2.75) is 52.1 Å². The number of aliphatic hydroxyl groups is 1. The van der Waals surface area contributed by atoms with Gasteiger partial charge in [0.25, 0.3) is 0 Å². The SMILES string of the molecule is COCC(NC(CO)CC(C)(C)C)C1CC1. The molecule has 0 heterocycles. The minimum atomic E-state index is 0.195. The van der Waals surface area contributed by atoms with Crippen LogP contribution < -0.4 is 5.32 Å². The summed E-state index contributed by atoms with van der Waals surface area (Å²) < 4.78 is 5.24. The molecular formula is C13H27NO2. The lowest BCUT2D eigenvalue weighted by Crippen LogP contribution is -2.45. The lowest BCUT2D eigenvalue weighted by atomic mass is 9.88. The van der Waals surface area contributed by atoms with Gasteiger partial charge in [-0.2, -0.15) is 0 Å². The summed E-state index contributed by atoms with van der Waals surface area (Å²) in [4.78, 5) is 0. The lowest BCUT2D eigenvalue weighted by molar-refractivity contribution is 0.127. The van der Waals surface area contributed by atoms with Gasteiger partial charge in [0.1, 0.15) is 0 Å². The first kappa shape index (κ1) is 13.9. The lowest BCUT2D eigenvalue weighted by Gasteiger charge is -2.29. The van der Waals surface area contributed by atoms with E-state index in [0.717, 1.165) is 18.9 Å². The summed E-state index contributed by atoms with van der Waals surface area (Å²) in [5.74, 6) is 0.758. The maximum atomic E-state index is 9.41. The topological polar surface area (TPSA) is 41.5 Å². The summed E-state index contributed by atoms with van der Waals surface area (Å²) in [6.45, 7) is 7.59. The van der Waals surface area contributed by atoms with Gasteiger partial charge in [-0.1, -0.05) is 20.8 Å². The highest BCUT2D eigenvalue weighted by molar-refractivity contribution is 4.89. The molecule has 1 aliphatic rings. The molecule has 2 N–H and O–H groups in total. The van der Waals surface area contributed by atoms with E-state index in [0.29, 0.717) is 6.04 Å². The van der Waals surface area contributed by atoms with Gasteiger partial charge in [-0.15, -0.1) is 0 Å². The maximum Gasteiger partial charge on any atom is 0.0618 e. The molecule has 3 nitrogen and oxygen atoms in total. The molecule has 0 saturated heterocycles. The average Bonchev–Trinajstić information content (AvgIpc) is 2.97. The number of nitrogens with one attached hydrogen (secondary N) is 1. The predicted molar refractivity (Wildman–Crippen MR) is 66.5 cm³/mol. The number of rotatable bonds is 7. The molecule has 0 radical (unpaired) electrons. The van der Waals surface area contributed by atoms with Crippen molar-refractivity contribution in [3.8, 4) is 0 Å². The fourth-order valence-corrected chi connectivity index (χ4v) is 2.22. The number of hydrogen-bond donors (Lipinski definition) is 2. The Hall–Kier alpha value is -0.120. The van der Waals surface area contributed by atoms with Gasteiger partial charge in [0, 0.05) is 19.2 Å². The molecule has 16 heavy (non-hydrogen) atoms. The van der Waals surface area contributed by atoms with E-state index in [-0.39, 0.29) is 18.1 Å². The van der Waals surface area contributed by atoms with Gasteiger partial charge in [-0.05, 0) is 30.6 Å². The Bertz CT molecular complexity index is 197. The molecule has 1 rings (SSSR count). The van der Waals surface area contributed by atoms with E-state index in [1.54, 1.807) is 7.11 Å².